The number of amides is 1. The molecule has 4 heterocycles. The summed E-state index contributed by atoms with van der Waals surface area (Å²) in [6.07, 6.45) is 5.02. The molecule has 0 aliphatic heterocycles. The van der Waals surface area contributed by atoms with Crippen LogP contribution in [0.4, 0.5) is 10.1 Å². The van der Waals surface area contributed by atoms with Crippen molar-refractivity contribution in [2.24, 2.45) is 5.41 Å². The summed E-state index contributed by atoms with van der Waals surface area (Å²) in [4.78, 5) is 24.6. The molecule has 0 aliphatic rings. The molecule has 0 fully saturated rings. The minimum atomic E-state index is -0.540. The Hall–Kier alpha value is -5.05. The van der Waals surface area contributed by atoms with Crippen molar-refractivity contribution >= 4 is 33.4 Å². The Bertz CT molecular complexity index is 1860. The first-order valence-corrected chi connectivity index (χ1v) is 12.4. The highest BCUT2D eigenvalue weighted by Crippen LogP contribution is 2.35. The molecule has 0 aliphatic carbocycles. The van der Waals surface area contributed by atoms with Gasteiger partial charge in [0.15, 0.2) is 0 Å². The zero-order chi connectivity index (χ0) is 27.3. The number of anilines is 1. The first-order valence-electron chi connectivity index (χ1n) is 12.4. The number of aromatic hydroxyl groups is 1. The van der Waals surface area contributed by atoms with Crippen molar-refractivity contribution in [2.45, 2.75) is 20.8 Å². The predicted molar refractivity (Wildman–Crippen MR) is 150 cm³/mol. The molecule has 0 atom stereocenters. The van der Waals surface area contributed by atoms with Crippen molar-refractivity contribution in [3.63, 3.8) is 0 Å². The van der Waals surface area contributed by atoms with Crippen molar-refractivity contribution in [3.05, 3.63) is 79.0 Å². The lowest BCUT2D eigenvalue weighted by molar-refractivity contribution is -0.123. The molecular weight excluding hydrogens is 495 g/mol. The third-order valence-corrected chi connectivity index (χ3v) is 6.53. The van der Waals surface area contributed by atoms with E-state index >= 15 is 0 Å². The third-order valence-electron chi connectivity index (χ3n) is 6.53. The normalized spacial score (nSPS) is 11.8. The average molecular weight is 521 g/mol. The number of nitrogens with one attached hydrogen (secondary N) is 3. The highest BCUT2D eigenvalue weighted by Gasteiger charge is 2.21. The maximum absolute atomic E-state index is 14.0. The molecule has 0 bridgehead atoms. The predicted octanol–water partition coefficient (Wildman–Crippen LogP) is 6.66. The monoisotopic (exact) mass is 520 g/mol. The minimum absolute atomic E-state index is 0.0878. The Morgan fingerprint density at radius 1 is 0.897 bits per heavy atom. The molecule has 0 saturated heterocycles. The van der Waals surface area contributed by atoms with E-state index in [-0.39, 0.29) is 11.7 Å². The Morgan fingerprint density at radius 3 is 2.51 bits per heavy atom. The number of aromatic nitrogens is 5. The highest BCUT2D eigenvalue weighted by molar-refractivity contribution is 6.01. The van der Waals surface area contributed by atoms with Crippen molar-refractivity contribution in [1.82, 2.24) is 25.1 Å². The number of hydrogen-bond donors (Lipinski definition) is 4. The van der Waals surface area contributed by atoms with E-state index in [0.717, 1.165) is 44.7 Å². The maximum atomic E-state index is 14.0. The van der Waals surface area contributed by atoms with Crippen LogP contribution < -0.4 is 5.32 Å². The van der Waals surface area contributed by atoms with Crippen LogP contribution in [-0.4, -0.2) is 36.2 Å². The summed E-state index contributed by atoms with van der Waals surface area (Å²) in [5.74, 6) is -0.793. The van der Waals surface area contributed by atoms with Gasteiger partial charge in [-0.2, -0.15) is 5.10 Å². The number of carbonyl (C=O) groups excluding carboxylic acids is 1. The third kappa shape index (κ3) is 4.59. The van der Waals surface area contributed by atoms with Crippen LogP contribution >= 0.6 is 0 Å². The maximum Gasteiger partial charge on any atom is 0.229 e. The zero-order valence-electron chi connectivity index (χ0n) is 21.5. The van der Waals surface area contributed by atoms with Gasteiger partial charge in [0.25, 0.3) is 0 Å². The minimum Gasteiger partial charge on any atom is -0.508 e. The smallest absolute Gasteiger partial charge is 0.229 e. The number of nitrogens with zero attached hydrogens (tertiary/aromatic N) is 3. The number of pyridine rings is 2. The molecule has 9 heteroatoms. The number of H-pyrrole nitrogens is 2. The standard InChI is InChI=1S/C30H25FN6O2/c1-30(2,3)29(39)34-20-9-18(14-32-15-20)16-4-5-25-22(11-16)28(37-36-25)26-13-23-24(35-26)6-7-33-27(23)17-8-19(31)12-21(38)10-17/h4-15,35,38H,1-3H3,(H,34,39)(H,36,37). The van der Waals surface area contributed by atoms with Gasteiger partial charge in [-0.05, 0) is 48.0 Å². The largest absolute Gasteiger partial charge is 0.508 e. The number of hydrogen-bond acceptors (Lipinski definition) is 5. The van der Waals surface area contributed by atoms with Gasteiger partial charge in [-0.3, -0.25) is 19.9 Å². The van der Waals surface area contributed by atoms with Gasteiger partial charge in [0, 0.05) is 51.3 Å². The number of phenols is 1. The summed E-state index contributed by atoms with van der Waals surface area (Å²) in [6, 6.07) is 15.5. The Labute approximate surface area is 223 Å². The second-order valence-corrected chi connectivity index (χ2v) is 10.5. The van der Waals surface area contributed by atoms with Gasteiger partial charge < -0.3 is 15.4 Å². The molecule has 39 heavy (non-hydrogen) atoms. The molecule has 8 nitrogen and oxygen atoms in total. The molecule has 0 radical (unpaired) electrons. The van der Waals surface area contributed by atoms with E-state index in [4.69, 9.17) is 0 Å². The molecule has 1 amide bonds. The van der Waals surface area contributed by atoms with Crippen molar-refractivity contribution < 1.29 is 14.3 Å². The Morgan fingerprint density at radius 2 is 1.72 bits per heavy atom. The molecule has 0 unspecified atom stereocenters. The van der Waals surface area contributed by atoms with Crippen LogP contribution in [-0.2, 0) is 4.79 Å². The van der Waals surface area contributed by atoms with E-state index in [1.807, 2.05) is 57.2 Å². The van der Waals surface area contributed by atoms with Gasteiger partial charge in [0.2, 0.25) is 5.91 Å². The number of phenolic OH excluding ortho intramolecular Hbond substituents is 1. The molecule has 6 aromatic rings. The van der Waals surface area contributed by atoms with Gasteiger partial charge in [-0.25, -0.2) is 4.39 Å². The number of carbonyl (C=O) groups is 1. The van der Waals surface area contributed by atoms with E-state index in [2.05, 4.69) is 30.5 Å². The van der Waals surface area contributed by atoms with Crippen molar-refractivity contribution in [1.29, 1.82) is 0 Å². The SMILES string of the molecule is CC(C)(C)C(=O)Nc1cncc(-c2ccc3[nH]nc(-c4cc5c(-c6cc(O)cc(F)c6)nccc5[nH]4)c3c2)c1. The number of fused-ring (bicyclic) bond motifs is 2. The van der Waals surface area contributed by atoms with E-state index in [9.17, 15) is 14.3 Å². The van der Waals surface area contributed by atoms with Gasteiger partial charge in [-0.1, -0.05) is 26.8 Å². The molecule has 2 aromatic carbocycles. The van der Waals surface area contributed by atoms with Gasteiger partial charge in [0.1, 0.15) is 17.3 Å². The first kappa shape index (κ1) is 24.3. The topological polar surface area (TPSA) is 120 Å². The van der Waals surface area contributed by atoms with Gasteiger partial charge >= 0.3 is 0 Å². The quantitative estimate of drug-likeness (QED) is 0.207. The first-order chi connectivity index (χ1) is 18.7. The summed E-state index contributed by atoms with van der Waals surface area (Å²) in [5.41, 5.74) is 6.01. The van der Waals surface area contributed by atoms with Crippen LogP contribution in [0.3, 0.4) is 0 Å². The van der Waals surface area contributed by atoms with Crippen LogP contribution in [0.1, 0.15) is 20.8 Å². The van der Waals surface area contributed by atoms with E-state index in [1.165, 1.54) is 12.1 Å². The second kappa shape index (κ2) is 9.05. The van der Waals surface area contributed by atoms with Crippen LogP contribution in [0, 0.1) is 11.2 Å². The van der Waals surface area contributed by atoms with E-state index in [0.29, 0.717) is 22.6 Å². The Balaban J connectivity index is 1.41. The molecule has 4 aromatic heterocycles. The summed E-state index contributed by atoms with van der Waals surface area (Å²) in [5, 5.41) is 22.1. The van der Waals surface area contributed by atoms with Gasteiger partial charge in [-0.15, -0.1) is 0 Å². The van der Waals surface area contributed by atoms with E-state index < -0.39 is 11.2 Å². The lowest BCUT2D eigenvalue weighted by Gasteiger charge is -2.17. The van der Waals surface area contributed by atoms with Crippen LogP contribution in [0.5, 0.6) is 5.75 Å². The molecule has 6 rings (SSSR count). The molecule has 0 saturated carbocycles. The average Bonchev–Trinajstić information content (AvgIpc) is 3.51. The molecule has 0 spiro atoms. The fourth-order valence-corrected chi connectivity index (χ4v) is 4.51. The van der Waals surface area contributed by atoms with Crippen LogP contribution in [0.2, 0.25) is 0 Å². The highest BCUT2D eigenvalue weighted by atomic mass is 19.1. The summed E-state index contributed by atoms with van der Waals surface area (Å²) in [7, 11) is 0. The lowest BCUT2D eigenvalue weighted by atomic mass is 9.95. The lowest BCUT2D eigenvalue weighted by Crippen LogP contribution is -2.27. The number of halogens is 1. The van der Waals surface area contributed by atoms with Gasteiger partial charge in [0.05, 0.1) is 28.8 Å². The fourth-order valence-electron chi connectivity index (χ4n) is 4.51. The number of benzene rings is 2. The zero-order valence-corrected chi connectivity index (χ0v) is 21.5. The fraction of sp³-hybridized carbons (Fsp3) is 0.133. The molecular formula is C30H25FN6O2. The molecule has 4 N–H and O–H groups in total. The van der Waals surface area contributed by atoms with Crippen LogP contribution in [0.15, 0.2) is 73.2 Å². The summed E-state index contributed by atoms with van der Waals surface area (Å²) in [6.45, 7) is 5.58. The molecule has 194 valence electrons. The van der Waals surface area contributed by atoms with Crippen molar-refractivity contribution in [2.75, 3.05) is 5.32 Å². The number of aromatic amines is 2. The Kier molecular flexibility index (Phi) is 5.64. The summed E-state index contributed by atoms with van der Waals surface area (Å²) >= 11 is 0. The van der Waals surface area contributed by atoms with Crippen LogP contribution in [0.25, 0.3) is 55.6 Å². The number of rotatable bonds is 4. The van der Waals surface area contributed by atoms with Crippen molar-refractivity contribution in [3.8, 4) is 39.5 Å². The van der Waals surface area contributed by atoms with E-state index in [1.54, 1.807) is 18.6 Å². The second-order valence-electron chi connectivity index (χ2n) is 10.5. The summed E-state index contributed by atoms with van der Waals surface area (Å²) < 4.78 is 14.0.